The van der Waals surface area contributed by atoms with E-state index in [1.807, 2.05) is 6.26 Å². The van der Waals surface area contributed by atoms with E-state index in [1.165, 1.54) is 34.6 Å². The summed E-state index contributed by atoms with van der Waals surface area (Å²) in [5.41, 5.74) is 6.71. The highest BCUT2D eigenvalue weighted by atomic mass is 32.2. The Balaban J connectivity index is 1.80. The van der Waals surface area contributed by atoms with Gasteiger partial charge in [-0.1, -0.05) is 0 Å². The minimum absolute atomic E-state index is 0.133. The van der Waals surface area contributed by atoms with Gasteiger partial charge in [-0.05, 0) is 42.2 Å². The largest absolute Gasteiger partial charge is 0.364 e. The van der Waals surface area contributed by atoms with Crippen LogP contribution in [0, 0.1) is 5.82 Å². The normalized spacial score (nSPS) is 19.7. The Labute approximate surface area is 158 Å². The molecule has 1 aliphatic rings. The van der Waals surface area contributed by atoms with Crippen LogP contribution in [0.4, 0.5) is 14.6 Å². The molecule has 0 unspecified atom stereocenters. The van der Waals surface area contributed by atoms with Gasteiger partial charge >= 0.3 is 0 Å². The lowest BCUT2D eigenvalue weighted by molar-refractivity contribution is 0.0993. The molecule has 9 heteroatoms. The summed E-state index contributed by atoms with van der Waals surface area (Å²) in [6, 6.07) is 7.61. The maximum absolute atomic E-state index is 14.3. The summed E-state index contributed by atoms with van der Waals surface area (Å²) in [6.07, 6.45) is 2.43. The van der Waals surface area contributed by atoms with Crippen LogP contribution in [0.25, 0.3) is 5.65 Å². The van der Waals surface area contributed by atoms with Crippen LogP contribution in [0.1, 0.15) is 28.5 Å². The van der Waals surface area contributed by atoms with Gasteiger partial charge in [0.25, 0.3) is 5.91 Å². The highest BCUT2D eigenvalue weighted by molar-refractivity contribution is 7.98. The smallest absolute Gasteiger partial charge is 0.269 e. The summed E-state index contributed by atoms with van der Waals surface area (Å²) in [6.45, 7) is 0.133. The maximum Gasteiger partial charge on any atom is 0.269 e. The number of rotatable bonds is 4. The Hall–Kier alpha value is -2.68. The van der Waals surface area contributed by atoms with Crippen LogP contribution < -0.4 is 10.6 Å². The number of hydrogen-bond acceptors (Lipinski definition) is 5. The van der Waals surface area contributed by atoms with E-state index >= 15 is 0 Å². The van der Waals surface area contributed by atoms with E-state index in [2.05, 4.69) is 10.1 Å². The third-order valence-corrected chi connectivity index (χ3v) is 5.51. The van der Waals surface area contributed by atoms with Crippen LogP contribution >= 0.6 is 11.8 Å². The molecule has 0 radical (unpaired) electrons. The second kappa shape index (κ2) is 6.80. The van der Waals surface area contributed by atoms with Crippen LogP contribution in [0.15, 0.2) is 41.4 Å². The number of amides is 1. The number of primary amides is 1. The number of nitrogens with zero attached hydrogens (tertiary/aromatic N) is 4. The third-order valence-electron chi connectivity index (χ3n) is 4.70. The van der Waals surface area contributed by atoms with Gasteiger partial charge in [-0.2, -0.15) is 0 Å². The molecule has 3 heterocycles. The summed E-state index contributed by atoms with van der Waals surface area (Å²) in [5.74, 6) is -0.535. The van der Waals surface area contributed by atoms with Crippen LogP contribution in [-0.4, -0.2) is 39.5 Å². The number of nitrogens with two attached hydrogens (primary N) is 1. The van der Waals surface area contributed by atoms with Gasteiger partial charge in [0.2, 0.25) is 0 Å². The number of alkyl halides is 1. The lowest BCUT2D eigenvalue weighted by Gasteiger charge is -2.27. The first-order chi connectivity index (χ1) is 13.0. The molecule has 1 aliphatic heterocycles. The zero-order chi connectivity index (χ0) is 19.1. The number of anilines is 1. The van der Waals surface area contributed by atoms with Crippen molar-refractivity contribution in [1.29, 1.82) is 0 Å². The molecule has 2 N–H and O–H groups in total. The van der Waals surface area contributed by atoms with Crippen molar-refractivity contribution < 1.29 is 13.6 Å². The molecule has 6 nitrogen and oxygen atoms in total. The molecule has 0 spiro atoms. The van der Waals surface area contributed by atoms with E-state index in [9.17, 15) is 13.6 Å². The predicted molar refractivity (Wildman–Crippen MR) is 99.3 cm³/mol. The molecule has 140 valence electrons. The van der Waals surface area contributed by atoms with Gasteiger partial charge in [-0.3, -0.25) is 4.79 Å². The molecule has 1 aromatic carbocycles. The molecule has 0 bridgehead atoms. The van der Waals surface area contributed by atoms with Crippen molar-refractivity contribution in [2.24, 2.45) is 5.73 Å². The quantitative estimate of drug-likeness (QED) is 0.695. The minimum Gasteiger partial charge on any atom is -0.364 e. The van der Waals surface area contributed by atoms with Crippen LogP contribution in [0.3, 0.4) is 0 Å². The number of halogens is 2. The fourth-order valence-corrected chi connectivity index (χ4v) is 4.12. The highest BCUT2D eigenvalue weighted by Crippen LogP contribution is 2.40. The van der Waals surface area contributed by atoms with Crippen molar-refractivity contribution >= 4 is 29.1 Å². The van der Waals surface area contributed by atoms with E-state index < -0.39 is 12.1 Å². The summed E-state index contributed by atoms with van der Waals surface area (Å²) in [4.78, 5) is 18.3. The van der Waals surface area contributed by atoms with Crippen LogP contribution in [0.2, 0.25) is 0 Å². The third kappa shape index (κ3) is 3.12. The van der Waals surface area contributed by atoms with Crippen molar-refractivity contribution in [1.82, 2.24) is 14.6 Å². The summed E-state index contributed by atoms with van der Waals surface area (Å²) >= 11 is 1.49. The van der Waals surface area contributed by atoms with Gasteiger partial charge in [-0.25, -0.2) is 18.3 Å². The molecule has 2 aromatic heterocycles. The molecule has 4 rings (SSSR count). The second-order valence-corrected chi connectivity index (χ2v) is 7.20. The molecule has 0 aliphatic carbocycles. The average molecular weight is 389 g/mol. The average Bonchev–Trinajstić information content (AvgIpc) is 3.24. The van der Waals surface area contributed by atoms with Gasteiger partial charge < -0.3 is 10.6 Å². The van der Waals surface area contributed by atoms with Gasteiger partial charge in [0, 0.05) is 11.3 Å². The van der Waals surface area contributed by atoms with Gasteiger partial charge in [0.1, 0.15) is 23.5 Å². The van der Waals surface area contributed by atoms with Crippen molar-refractivity contribution in [2.45, 2.75) is 23.5 Å². The van der Waals surface area contributed by atoms with Gasteiger partial charge in [0.15, 0.2) is 5.65 Å². The van der Waals surface area contributed by atoms with Crippen molar-refractivity contribution in [3.63, 3.8) is 0 Å². The van der Waals surface area contributed by atoms with E-state index in [0.717, 1.165) is 10.5 Å². The van der Waals surface area contributed by atoms with E-state index in [1.54, 1.807) is 23.1 Å². The summed E-state index contributed by atoms with van der Waals surface area (Å²) in [7, 11) is 0. The second-order valence-electron chi connectivity index (χ2n) is 6.36. The standard InChI is InChI=1S/C18H17F2N5OS/c1-27-15-3-2-10(19)6-12(15)13-7-11(20)9-24(13)17-5-4-16-22-8-14(18(21)26)25(16)23-17/h2-6,8,11,13H,7,9H2,1H3,(H2,21,26)/t11-,13+/m0/s1. The molecule has 1 fully saturated rings. The Morgan fingerprint density at radius 1 is 1.33 bits per heavy atom. The number of carbonyl (C=O) groups is 1. The van der Waals surface area contributed by atoms with E-state index in [4.69, 9.17) is 5.73 Å². The maximum atomic E-state index is 14.3. The van der Waals surface area contributed by atoms with Crippen molar-refractivity contribution in [2.75, 3.05) is 17.7 Å². The number of thioether (sulfide) groups is 1. The molecule has 27 heavy (non-hydrogen) atoms. The van der Waals surface area contributed by atoms with E-state index in [0.29, 0.717) is 11.5 Å². The lowest BCUT2D eigenvalue weighted by atomic mass is 10.0. The first kappa shape index (κ1) is 17.7. The van der Waals surface area contributed by atoms with Crippen LogP contribution in [-0.2, 0) is 0 Å². The topological polar surface area (TPSA) is 76.5 Å². The lowest BCUT2D eigenvalue weighted by Crippen LogP contribution is -2.26. The number of carbonyl (C=O) groups excluding carboxylic acids is 1. The number of hydrogen-bond donors (Lipinski definition) is 1. The fraction of sp³-hybridized carbons (Fsp3) is 0.278. The predicted octanol–water partition coefficient (Wildman–Crippen LogP) is 2.98. The first-order valence-electron chi connectivity index (χ1n) is 8.36. The van der Waals surface area contributed by atoms with Crippen molar-refractivity contribution in [3.05, 3.63) is 53.6 Å². The number of benzene rings is 1. The van der Waals surface area contributed by atoms with Gasteiger partial charge in [-0.15, -0.1) is 16.9 Å². The molecule has 3 aromatic rings. The summed E-state index contributed by atoms with van der Waals surface area (Å²) in [5, 5.41) is 4.44. The summed E-state index contributed by atoms with van der Waals surface area (Å²) < 4.78 is 29.5. The van der Waals surface area contributed by atoms with Crippen molar-refractivity contribution in [3.8, 4) is 0 Å². The van der Waals surface area contributed by atoms with E-state index in [-0.39, 0.29) is 30.5 Å². The fourth-order valence-electron chi connectivity index (χ4n) is 3.48. The number of imidazole rings is 1. The van der Waals surface area contributed by atoms with Gasteiger partial charge in [0.05, 0.1) is 18.8 Å². The Bertz CT molecular complexity index is 1020. The molecular weight excluding hydrogens is 372 g/mol. The molecule has 0 saturated carbocycles. The first-order valence-corrected chi connectivity index (χ1v) is 9.59. The number of aromatic nitrogens is 3. The Kier molecular flexibility index (Phi) is 4.47. The highest BCUT2D eigenvalue weighted by Gasteiger charge is 2.35. The molecule has 1 saturated heterocycles. The SMILES string of the molecule is CSc1ccc(F)cc1[C@H]1C[C@H](F)CN1c1ccc2ncc(C(N)=O)n2n1. The zero-order valence-corrected chi connectivity index (χ0v) is 15.3. The van der Waals surface area contributed by atoms with Crippen LogP contribution in [0.5, 0.6) is 0 Å². The Morgan fingerprint density at radius 3 is 2.89 bits per heavy atom. The minimum atomic E-state index is -1.07. The molecule has 1 amide bonds. The Morgan fingerprint density at radius 2 is 2.15 bits per heavy atom. The molecular formula is C18H17F2N5OS. The monoisotopic (exact) mass is 389 g/mol. The molecule has 2 atom stereocenters. The zero-order valence-electron chi connectivity index (χ0n) is 14.5. The number of fused-ring (bicyclic) bond motifs is 1.